The number of hydrogen-bond donors (Lipinski definition) is 0. The molecule has 0 N–H and O–H groups in total. The average Bonchev–Trinajstić information content (AvgIpc) is 2.37. The Bertz CT molecular complexity index is 553. The predicted octanol–water partition coefficient (Wildman–Crippen LogP) is 3.00. The van der Waals surface area contributed by atoms with Crippen molar-refractivity contribution in [1.29, 1.82) is 0 Å². The topological polar surface area (TPSA) is 49.9 Å². The van der Waals surface area contributed by atoms with Crippen LogP contribution in [-0.4, -0.2) is 44.0 Å². The number of rotatable bonds is 4. The molecule has 5 nitrogen and oxygen atoms in total. The van der Waals surface area contributed by atoms with E-state index in [0.717, 1.165) is 0 Å². The van der Waals surface area contributed by atoms with Crippen molar-refractivity contribution in [2.45, 2.75) is 32.4 Å². The maximum Gasteiger partial charge on any atom is 0.410 e. The quantitative estimate of drug-likeness (QED) is 0.802. The van der Waals surface area contributed by atoms with Crippen molar-refractivity contribution in [1.82, 2.24) is 4.90 Å². The second-order valence-corrected chi connectivity index (χ2v) is 6.27. The van der Waals surface area contributed by atoms with E-state index in [2.05, 4.69) is 0 Å². The lowest BCUT2D eigenvalue weighted by Crippen LogP contribution is -2.37. The summed E-state index contributed by atoms with van der Waals surface area (Å²) in [6, 6.07) is 3.22. The monoisotopic (exact) mass is 310 g/mol. The molecule has 0 fully saturated rings. The van der Waals surface area contributed by atoms with Crippen molar-refractivity contribution in [3.8, 4) is 0 Å². The summed E-state index contributed by atoms with van der Waals surface area (Å²) in [5.74, 6) is -0.468. The highest BCUT2D eigenvalue weighted by Crippen LogP contribution is 2.29. The molecule has 0 aromatic heterocycles. The SMILES string of the molecule is CN(C)c1ccc(F)cc1C(C=O)N(C)C(=O)OC(C)(C)C. The predicted molar refractivity (Wildman–Crippen MR) is 83.5 cm³/mol. The van der Waals surface area contributed by atoms with E-state index in [0.29, 0.717) is 17.5 Å². The van der Waals surface area contributed by atoms with Gasteiger partial charge >= 0.3 is 6.09 Å². The zero-order valence-electron chi connectivity index (χ0n) is 13.9. The number of likely N-dealkylation sites (N-methyl/N-ethyl adjacent to an activating group) is 1. The molecule has 6 heteroatoms. The fourth-order valence-corrected chi connectivity index (χ4v) is 1.99. The lowest BCUT2D eigenvalue weighted by Gasteiger charge is -2.30. The molecule has 0 aliphatic heterocycles. The molecule has 0 bridgehead atoms. The van der Waals surface area contributed by atoms with E-state index in [-0.39, 0.29) is 0 Å². The molecular weight excluding hydrogens is 287 g/mol. The number of ether oxygens (including phenoxy) is 1. The van der Waals surface area contributed by atoms with Crippen LogP contribution >= 0.6 is 0 Å². The molecule has 1 aromatic carbocycles. The molecule has 0 radical (unpaired) electrons. The molecule has 1 amide bonds. The maximum atomic E-state index is 13.6. The van der Waals surface area contributed by atoms with Crippen molar-refractivity contribution < 1.29 is 18.7 Å². The molecule has 0 aliphatic carbocycles. The number of carbonyl (C=O) groups is 2. The van der Waals surface area contributed by atoms with Crippen molar-refractivity contribution in [3.63, 3.8) is 0 Å². The molecular formula is C16H23FN2O3. The number of carbonyl (C=O) groups excluding carboxylic acids is 2. The van der Waals surface area contributed by atoms with Crippen LogP contribution in [0.1, 0.15) is 32.4 Å². The smallest absolute Gasteiger partial charge is 0.410 e. The van der Waals surface area contributed by atoms with Gasteiger partial charge in [0, 0.05) is 32.4 Å². The molecule has 0 saturated heterocycles. The normalized spacial score (nSPS) is 12.5. The number of benzene rings is 1. The first-order valence-corrected chi connectivity index (χ1v) is 6.94. The molecule has 22 heavy (non-hydrogen) atoms. The molecule has 0 spiro atoms. The maximum absolute atomic E-state index is 13.6. The van der Waals surface area contributed by atoms with Crippen LogP contribution in [0.5, 0.6) is 0 Å². The van der Waals surface area contributed by atoms with Crippen LogP contribution in [0.4, 0.5) is 14.9 Å². The average molecular weight is 310 g/mol. The van der Waals surface area contributed by atoms with Crippen molar-refractivity contribution in [2.24, 2.45) is 0 Å². The Morgan fingerprint density at radius 2 is 1.86 bits per heavy atom. The Morgan fingerprint density at radius 3 is 2.32 bits per heavy atom. The number of amides is 1. The Kier molecular flexibility index (Phi) is 5.52. The fourth-order valence-electron chi connectivity index (χ4n) is 1.99. The van der Waals surface area contributed by atoms with E-state index >= 15 is 0 Å². The van der Waals surface area contributed by atoms with Gasteiger partial charge in [0.2, 0.25) is 0 Å². The van der Waals surface area contributed by atoms with Gasteiger partial charge in [-0.2, -0.15) is 0 Å². The van der Waals surface area contributed by atoms with Gasteiger partial charge in [0.15, 0.2) is 0 Å². The minimum atomic E-state index is -0.928. The van der Waals surface area contributed by atoms with E-state index in [4.69, 9.17) is 4.74 Å². The fraction of sp³-hybridized carbons (Fsp3) is 0.500. The van der Waals surface area contributed by atoms with Crippen LogP contribution < -0.4 is 4.90 Å². The molecule has 0 heterocycles. The first-order chi connectivity index (χ1) is 10.1. The highest BCUT2D eigenvalue weighted by Gasteiger charge is 2.28. The third-order valence-electron chi connectivity index (χ3n) is 3.02. The van der Waals surface area contributed by atoms with E-state index < -0.39 is 23.6 Å². The molecule has 0 aliphatic rings. The Hall–Kier alpha value is -2.11. The number of hydrogen-bond acceptors (Lipinski definition) is 4. The molecule has 122 valence electrons. The summed E-state index contributed by atoms with van der Waals surface area (Å²) in [7, 11) is 5.02. The van der Waals surface area contributed by atoms with Gasteiger partial charge in [0.1, 0.15) is 23.7 Å². The van der Waals surface area contributed by atoms with Crippen LogP contribution in [-0.2, 0) is 9.53 Å². The third-order valence-corrected chi connectivity index (χ3v) is 3.02. The minimum absolute atomic E-state index is 0.411. The zero-order valence-corrected chi connectivity index (χ0v) is 13.9. The van der Waals surface area contributed by atoms with Gasteiger partial charge < -0.3 is 14.4 Å². The summed E-state index contributed by atoms with van der Waals surface area (Å²) < 4.78 is 18.8. The molecule has 1 atom stereocenters. The summed E-state index contributed by atoms with van der Waals surface area (Å²) >= 11 is 0. The van der Waals surface area contributed by atoms with Crippen molar-refractivity contribution in [3.05, 3.63) is 29.6 Å². The zero-order chi connectivity index (χ0) is 17.1. The van der Waals surface area contributed by atoms with Gasteiger partial charge in [-0.1, -0.05) is 0 Å². The van der Waals surface area contributed by atoms with Crippen molar-refractivity contribution in [2.75, 3.05) is 26.0 Å². The largest absolute Gasteiger partial charge is 0.444 e. The second kappa shape index (κ2) is 6.77. The summed E-state index contributed by atoms with van der Waals surface area (Å²) in [5, 5.41) is 0. The highest BCUT2D eigenvalue weighted by atomic mass is 19.1. The van der Waals surface area contributed by atoms with E-state index in [1.807, 2.05) is 0 Å². The van der Waals surface area contributed by atoms with Gasteiger partial charge in [0.05, 0.1) is 0 Å². The van der Waals surface area contributed by atoms with Crippen LogP contribution in [0, 0.1) is 5.82 Å². The van der Waals surface area contributed by atoms with Gasteiger partial charge in [-0.05, 0) is 39.0 Å². The number of halogens is 1. The van der Waals surface area contributed by atoms with Gasteiger partial charge in [0.25, 0.3) is 0 Å². The molecule has 0 saturated carbocycles. The summed E-state index contributed by atoms with van der Waals surface area (Å²) in [5.41, 5.74) is 0.396. The Balaban J connectivity index is 3.18. The molecule has 1 unspecified atom stereocenters. The van der Waals surface area contributed by atoms with E-state index in [1.165, 1.54) is 24.1 Å². The lowest BCUT2D eigenvalue weighted by molar-refractivity contribution is -0.112. The van der Waals surface area contributed by atoms with E-state index in [1.54, 1.807) is 45.8 Å². The first-order valence-electron chi connectivity index (χ1n) is 6.94. The highest BCUT2D eigenvalue weighted by molar-refractivity contribution is 5.77. The molecule has 1 rings (SSSR count). The summed E-state index contributed by atoms with van der Waals surface area (Å²) in [6.45, 7) is 5.21. The standard InChI is InChI=1S/C16H23FN2O3/c1-16(2,3)22-15(21)19(6)14(10-20)12-9-11(17)7-8-13(12)18(4)5/h7-10,14H,1-6H3. The Morgan fingerprint density at radius 1 is 1.27 bits per heavy atom. The number of aldehydes is 1. The first kappa shape index (κ1) is 17.9. The number of nitrogens with zero attached hydrogens (tertiary/aromatic N) is 2. The van der Waals surface area contributed by atoms with Gasteiger partial charge in [-0.3, -0.25) is 4.90 Å². The second-order valence-electron chi connectivity index (χ2n) is 6.27. The minimum Gasteiger partial charge on any atom is -0.444 e. The van der Waals surface area contributed by atoms with E-state index in [9.17, 15) is 14.0 Å². The van der Waals surface area contributed by atoms with Gasteiger partial charge in [-0.15, -0.1) is 0 Å². The summed E-state index contributed by atoms with van der Waals surface area (Å²) in [4.78, 5) is 26.6. The lowest BCUT2D eigenvalue weighted by atomic mass is 10.0. The molecule has 1 aromatic rings. The van der Waals surface area contributed by atoms with Crippen LogP contribution in [0.15, 0.2) is 18.2 Å². The van der Waals surface area contributed by atoms with Gasteiger partial charge in [-0.25, -0.2) is 9.18 Å². The van der Waals surface area contributed by atoms with Crippen LogP contribution in [0.3, 0.4) is 0 Å². The summed E-state index contributed by atoms with van der Waals surface area (Å²) in [6.07, 6.45) is -0.0373. The van der Waals surface area contributed by atoms with Crippen molar-refractivity contribution >= 4 is 18.1 Å². The Labute approximate surface area is 130 Å². The van der Waals surface area contributed by atoms with Crippen LogP contribution in [0.25, 0.3) is 0 Å². The number of anilines is 1. The third kappa shape index (κ3) is 4.44. The van der Waals surface area contributed by atoms with Crippen LogP contribution in [0.2, 0.25) is 0 Å².